The summed E-state index contributed by atoms with van der Waals surface area (Å²) in [5.74, 6) is 0.678. The number of nitrogens with one attached hydrogen (secondary N) is 1. The molecule has 1 heterocycles. The Morgan fingerprint density at radius 2 is 1.68 bits per heavy atom. The SMILES string of the molecule is CCCCCCC(C)Nc1nnc(CC)c(CC)n1. The van der Waals surface area contributed by atoms with Crippen LogP contribution in [0.3, 0.4) is 0 Å². The van der Waals surface area contributed by atoms with E-state index < -0.39 is 0 Å². The quantitative estimate of drug-likeness (QED) is 0.690. The van der Waals surface area contributed by atoms with Gasteiger partial charge in [-0.2, -0.15) is 5.10 Å². The van der Waals surface area contributed by atoms with Crippen LogP contribution in [-0.4, -0.2) is 21.2 Å². The molecule has 0 saturated heterocycles. The molecule has 0 aromatic carbocycles. The highest BCUT2D eigenvalue weighted by molar-refractivity contribution is 5.26. The van der Waals surface area contributed by atoms with Crippen molar-refractivity contribution in [3.63, 3.8) is 0 Å². The molecule has 4 nitrogen and oxygen atoms in total. The molecule has 1 atom stereocenters. The Balaban J connectivity index is 2.47. The summed E-state index contributed by atoms with van der Waals surface area (Å²) in [6.07, 6.45) is 8.18. The van der Waals surface area contributed by atoms with Crippen molar-refractivity contribution in [3.05, 3.63) is 11.4 Å². The molecule has 1 unspecified atom stereocenters. The van der Waals surface area contributed by atoms with Gasteiger partial charge in [-0.25, -0.2) is 4.98 Å². The second kappa shape index (κ2) is 8.83. The first-order valence-electron chi connectivity index (χ1n) is 7.70. The Kier molecular flexibility index (Phi) is 7.38. The second-order valence-corrected chi connectivity index (χ2v) is 5.13. The average Bonchev–Trinajstić information content (AvgIpc) is 2.43. The summed E-state index contributed by atoms with van der Waals surface area (Å²) in [5.41, 5.74) is 2.09. The molecule has 1 N–H and O–H groups in total. The Hall–Kier alpha value is -1.19. The third kappa shape index (κ3) is 5.53. The predicted molar refractivity (Wildman–Crippen MR) is 80.4 cm³/mol. The molecule has 4 heteroatoms. The van der Waals surface area contributed by atoms with Crippen LogP contribution < -0.4 is 5.32 Å². The number of hydrogen-bond donors (Lipinski definition) is 1. The van der Waals surface area contributed by atoms with Gasteiger partial charge >= 0.3 is 0 Å². The fourth-order valence-electron chi connectivity index (χ4n) is 2.17. The van der Waals surface area contributed by atoms with Crippen LogP contribution in [0.4, 0.5) is 5.95 Å². The fourth-order valence-corrected chi connectivity index (χ4v) is 2.17. The van der Waals surface area contributed by atoms with Gasteiger partial charge in [0.1, 0.15) is 0 Å². The third-order valence-electron chi connectivity index (χ3n) is 3.38. The van der Waals surface area contributed by atoms with Gasteiger partial charge in [-0.05, 0) is 26.2 Å². The number of nitrogens with zero attached hydrogens (tertiary/aromatic N) is 3. The second-order valence-electron chi connectivity index (χ2n) is 5.13. The largest absolute Gasteiger partial charge is 0.350 e. The first kappa shape index (κ1) is 15.9. The number of aromatic nitrogens is 3. The summed E-state index contributed by atoms with van der Waals surface area (Å²) in [5, 5.41) is 11.8. The molecule has 0 amide bonds. The predicted octanol–water partition coefficient (Wildman–Crippen LogP) is 3.77. The molecular formula is C15H28N4. The number of unbranched alkanes of at least 4 members (excludes halogenated alkanes) is 3. The molecular weight excluding hydrogens is 236 g/mol. The molecule has 0 saturated carbocycles. The normalized spacial score (nSPS) is 12.4. The van der Waals surface area contributed by atoms with Gasteiger partial charge in [-0.15, -0.1) is 5.10 Å². The van der Waals surface area contributed by atoms with Crippen molar-refractivity contribution in [3.8, 4) is 0 Å². The van der Waals surface area contributed by atoms with Gasteiger partial charge in [0.15, 0.2) is 0 Å². The van der Waals surface area contributed by atoms with Crippen LogP contribution in [-0.2, 0) is 12.8 Å². The highest BCUT2D eigenvalue weighted by Gasteiger charge is 2.08. The molecule has 0 fully saturated rings. The summed E-state index contributed by atoms with van der Waals surface area (Å²) in [6.45, 7) is 8.63. The van der Waals surface area contributed by atoms with E-state index in [0.717, 1.165) is 24.2 Å². The maximum atomic E-state index is 4.56. The molecule has 1 aromatic heterocycles. The Labute approximate surface area is 117 Å². The van der Waals surface area contributed by atoms with Crippen LogP contribution in [0.5, 0.6) is 0 Å². The lowest BCUT2D eigenvalue weighted by molar-refractivity contribution is 0.590. The highest BCUT2D eigenvalue weighted by atomic mass is 15.2. The van der Waals surface area contributed by atoms with Crippen molar-refractivity contribution in [1.29, 1.82) is 0 Å². The molecule has 0 radical (unpaired) electrons. The fraction of sp³-hybridized carbons (Fsp3) is 0.800. The smallest absolute Gasteiger partial charge is 0.243 e. The van der Waals surface area contributed by atoms with Crippen molar-refractivity contribution >= 4 is 5.95 Å². The van der Waals surface area contributed by atoms with Crippen molar-refractivity contribution in [2.75, 3.05) is 5.32 Å². The molecule has 0 spiro atoms. The van der Waals surface area contributed by atoms with E-state index in [1.54, 1.807) is 0 Å². The van der Waals surface area contributed by atoms with E-state index in [2.05, 4.69) is 48.2 Å². The van der Waals surface area contributed by atoms with Crippen LogP contribution >= 0.6 is 0 Å². The topological polar surface area (TPSA) is 50.7 Å². The first-order valence-corrected chi connectivity index (χ1v) is 7.70. The first-order chi connectivity index (χ1) is 9.21. The van der Waals surface area contributed by atoms with Crippen LogP contribution in [0.1, 0.15) is 71.2 Å². The number of anilines is 1. The Bertz CT molecular complexity index is 365. The maximum Gasteiger partial charge on any atom is 0.243 e. The van der Waals surface area contributed by atoms with Gasteiger partial charge in [0.25, 0.3) is 0 Å². The van der Waals surface area contributed by atoms with E-state index in [4.69, 9.17) is 0 Å². The summed E-state index contributed by atoms with van der Waals surface area (Å²) < 4.78 is 0. The highest BCUT2D eigenvalue weighted by Crippen LogP contribution is 2.11. The van der Waals surface area contributed by atoms with Crippen LogP contribution in [0.15, 0.2) is 0 Å². The zero-order chi connectivity index (χ0) is 14.1. The van der Waals surface area contributed by atoms with E-state index in [-0.39, 0.29) is 0 Å². The molecule has 1 rings (SSSR count). The lowest BCUT2D eigenvalue weighted by Crippen LogP contribution is -2.18. The van der Waals surface area contributed by atoms with Gasteiger partial charge in [0.05, 0.1) is 11.4 Å². The van der Waals surface area contributed by atoms with E-state index in [9.17, 15) is 0 Å². The third-order valence-corrected chi connectivity index (χ3v) is 3.38. The minimum atomic E-state index is 0.413. The molecule has 108 valence electrons. The molecule has 0 aliphatic heterocycles. The standard InChI is InChI=1S/C15H28N4/c1-5-8-9-10-11-12(4)16-15-17-13(6-2)14(7-3)18-19-15/h12H,5-11H2,1-4H3,(H,16,17,19). The summed E-state index contributed by atoms with van der Waals surface area (Å²) >= 11 is 0. The Morgan fingerprint density at radius 1 is 0.947 bits per heavy atom. The zero-order valence-corrected chi connectivity index (χ0v) is 12.9. The number of rotatable bonds is 9. The minimum Gasteiger partial charge on any atom is -0.350 e. The van der Waals surface area contributed by atoms with Gasteiger partial charge in [-0.1, -0.05) is 46.5 Å². The van der Waals surface area contributed by atoms with Gasteiger partial charge in [0, 0.05) is 6.04 Å². The average molecular weight is 264 g/mol. The number of hydrogen-bond acceptors (Lipinski definition) is 4. The van der Waals surface area contributed by atoms with E-state index in [1.807, 2.05) is 0 Å². The van der Waals surface area contributed by atoms with E-state index in [0.29, 0.717) is 12.0 Å². The lowest BCUT2D eigenvalue weighted by atomic mass is 10.1. The monoisotopic (exact) mass is 264 g/mol. The van der Waals surface area contributed by atoms with Gasteiger partial charge < -0.3 is 5.32 Å². The van der Waals surface area contributed by atoms with Gasteiger partial charge in [-0.3, -0.25) is 0 Å². The summed E-state index contributed by atoms with van der Waals surface area (Å²) in [4.78, 5) is 4.56. The van der Waals surface area contributed by atoms with Crippen molar-refractivity contribution in [1.82, 2.24) is 15.2 Å². The van der Waals surface area contributed by atoms with Crippen LogP contribution in [0, 0.1) is 0 Å². The van der Waals surface area contributed by atoms with Crippen molar-refractivity contribution in [2.45, 2.75) is 78.7 Å². The Morgan fingerprint density at radius 3 is 2.32 bits per heavy atom. The number of aryl methyl sites for hydroxylation is 2. The minimum absolute atomic E-state index is 0.413. The van der Waals surface area contributed by atoms with E-state index in [1.165, 1.54) is 32.1 Å². The summed E-state index contributed by atoms with van der Waals surface area (Å²) in [7, 11) is 0. The van der Waals surface area contributed by atoms with Crippen molar-refractivity contribution in [2.24, 2.45) is 0 Å². The summed E-state index contributed by atoms with van der Waals surface area (Å²) in [6, 6.07) is 0.413. The molecule has 0 bridgehead atoms. The molecule has 0 aliphatic rings. The zero-order valence-electron chi connectivity index (χ0n) is 12.9. The molecule has 1 aromatic rings. The molecule has 0 aliphatic carbocycles. The van der Waals surface area contributed by atoms with E-state index >= 15 is 0 Å². The lowest BCUT2D eigenvalue weighted by Gasteiger charge is -2.14. The van der Waals surface area contributed by atoms with Crippen molar-refractivity contribution < 1.29 is 0 Å². The van der Waals surface area contributed by atoms with Gasteiger partial charge in [0.2, 0.25) is 5.95 Å². The van der Waals surface area contributed by atoms with Crippen LogP contribution in [0.25, 0.3) is 0 Å². The van der Waals surface area contributed by atoms with Crippen LogP contribution in [0.2, 0.25) is 0 Å². The maximum absolute atomic E-state index is 4.56. The molecule has 19 heavy (non-hydrogen) atoms.